The second kappa shape index (κ2) is 11.5. The third-order valence-corrected chi connectivity index (χ3v) is 11.1. The van der Waals surface area contributed by atoms with Gasteiger partial charge >= 0.3 is 0 Å². The average Bonchev–Trinajstić information content (AvgIpc) is 3.90. The number of rotatable bonds is 4. The smallest absolute Gasteiger partial charge is 0.213 e. The van der Waals surface area contributed by atoms with E-state index >= 15 is 0 Å². The SMILES string of the molecule is c1ccc(-n2c3cccc(-c4ccc(-n5c6ccccc6c6cc(N7c8ccccc8Oc8ccccc87)ccc65)cc4)c3c3c4ccccc4oc32)cc1. The molecule has 3 aromatic heterocycles. The normalized spacial score (nSPS) is 12.5. The molecule has 0 saturated heterocycles. The van der Waals surface area contributed by atoms with E-state index in [2.05, 4.69) is 172 Å². The van der Waals surface area contributed by atoms with E-state index in [9.17, 15) is 0 Å². The molecule has 4 heterocycles. The van der Waals surface area contributed by atoms with Crippen LogP contribution in [0.4, 0.5) is 17.1 Å². The Balaban J connectivity index is 1.02. The summed E-state index contributed by atoms with van der Waals surface area (Å²) in [5.41, 5.74) is 12.8. The molecule has 0 fully saturated rings. The summed E-state index contributed by atoms with van der Waals surface area (Å²) in [4.78, 5) is 2.31. The Morgan fingerprint density at radius 1 is 0.382 bits per heavy atom. The fraction of sp³-hybridized carbons (Fsp3) is 0. The van der Waals surface area contributed by atoms with Gasteiger partial charge in [0.1, 0.15) is 5.58 Å². The van der Waals surface area contributed by atoms with Crippen LogP contribution in [0.1, 0.15) is 0 Å². The van der Waals surface area contributed by atoms with Crippen molar-refractivity contribution in [3.63, 3.8) is 0 Å². The third kappa shape index (κ3) is 4.35. The van der Waals surface area contributed by atoms with E-state index in [1.807, 2.05) is 30.3 Å². The van der Waals surface area contributed by atoms with Crippen molar-refractivity contribution >= 4 is 71.8 Å². The van der Waals surface area contributed by atoms with E-state index in [-0.39, 0.29) is 0 Å². The van der Waals surface area contributed by atoms with Crippen LogP contribution in [0, 0.1) is 0 Å². The minimum atomic E-state index is 0.845. The summed E-state index contributed by atoms with van der Waals surface area (Å²) in [6.45, 7) is 0. The Kier molecular flexibility index (Phi) is 6.27. The lowest BCUT2D eigenvalue weighted by Crippen LogP contribution is -2.15. The van der Waals surface area contributed by atoms with Crippen molar-refractivity contribution in [3.8, 4) is 34.0 Å². The maximum atomic E-state index is 6.60. The Hall–Kier alpha value is -7.50. The molecule has 1 aliphatic heterocycles. The highest BCUT2D eigenvalue weighted by Crippen LogP contribution is 2.51. The summed E-state index contributed by atoms with van der Waals surface area (Å²) in [6, 6.07) is 66.4. The number of nitrogens with zero attached hydrogens (tertiary/aromatic N) is 3. The first kappa shape index (κ1) is 30.0. The molecular formula is C50H31N3O2. The Bertz CT molecular complexity index is 3250. The van der Waals surface area contributed by atoms with Gasteiger partial charge in [-0.2, -0.15) is 0 Å². The summed E-state index contributed by atoms with van der Waals surface area (Å²) >= 11 is 0. The predicted molar refractivity (Wildman–Crippen MR) is 225 cm³/mol. The van der Waals surface area contributed by atoms with E-state index < -0.39 is 0 Å². The number of hydrogen-bond acceptors (Lipinski definition) is 3. The summed E-state index contributed by atoms with van der Waals surface area (Å²) in [5.74, 6) is 1.69. The molecule has 11 aromatic rings. The maximum absolute atomic E-state index is 6.60. The van der Waals surface area contributed by atoms with E-state index in [1.54, 1.807) is 0 Å². The monoisotopic (exact) mass is 705 g/mol. The van der Waals surface area contributed by atoms with Crippen LogP contribution in [-0.2, 0) is 0 Å². The van der Waals surface area contributed by atoms with Crippen molar-refractivity contribution in [2.24, 2.45) is 0 Å². The van der Waals surface area contributed by atoms with Gasteiger partial charge in [0.2, 0.25) is 5.71 Å². The number of benzene rings is 8. The van der Waals surface area contributed by atoms with Gasteiger partial charge in [-0.3, -0.25) is 4.57 Å². The quantitative estimate of drug-likeness (QED) is 0.183. The number of ether oxygens (including phenoxy) is 1. The first-order chi connectivity index (χ1) is 27.3. The molecule has 0 aliphatic carbocycles. The van der Waals surface area contributed by atoms with Crippen molar-refractivity contribution < 1.29 is 9.15 Å². The highest BCUT2D eigenvalue weighted by molar-refractivity contribution is 6.24. The standard InChI is InChI=1S/C50H31N3O2/c1-2-13-33(14-3-1)53-44-21-12-17-36(48(44)49-38-16-5-9-22-45(38)55-50(49)53)32-25-27-34(28-26-32)51-40-18-6-4-15-37(40)39-31-35(29-30-41(39)51)52-42-19-7-10-23-46(42)54-47-24-11-8-20-43(47)52/h1-31H. The van der Waals surface area contributed by atoms with Gasteiger partial charge in [0.15, 0.2) is 11.5 Å². The Morgan fingerprint density at radius 2 is 1.00 bits per heavy atom. The molecule has 5 nitrogen and oxygen atoms in total. The van der Waals surface area contributed by atoms with Crippen molar-refractivity contribution in [2.75, 3.05) is 4.90 Å². The molecule has 0 amide bonds. The molecule has 12 rings (SSSR count). The van der Waals surface area contributed by atoms with Gasteiger partial charge in [-0.25, -0.2) is 0 Å². The van der Waals surface area contributed by atoms with Crippen LogP contribution in [0.15, 0.2) is 192 Å². The van der Waals surface area contributed by atoms with E-state index in [4.69, 9.17) is 9.15 Å². The molecule has 0 bridgehead atoms. The largest absolute Gasteiger partial charge is 0.453 e. The summed E-state index contributed by atoms with van der Waals surface area (Å²) < 4.78 is 17.6. The number of hydrogen-bond donors (Lipinski definition) is 0. The highest BCUT2D eigenvalue weighted by Gasteiger charge is 2.26. The van der Waals surface area contributed by atoms with Crippen molar-refractivity contribution in [3.05, 3.63) is 188 Å². The van der Waals surface area contributed by atoms with Crippen LogP contribution in [0.3, 0.4) is 0 Å². The first-order valence-electron chi connectivity index (χ1n) is 18.6. The molecule has 55 heavy (non-hydrogen) atoms. The predicted octanol–water partition coefficient (Wildman–Crippen LogP) is 13.9. The molecule has 0 spiro atoms. The van der Waals surface area contributed by atoms with Crippen molar-refractivity contribution in [1.29, 1.82) is 0 Å². The Morgan fingerprint density at radius 3 is 1.80 bits per heavy atom. The molecule has 0 radical (unpaired) electrons. The highest BCUT2D eigenvalue weighted by atomic mass is 16.5. The van der Waals surface area contributed by atoms with Crippen LogP contribution in [0.25, 0.3) is 77.3 Å². The zero-order valence-electron chi connectivity index (χ0n) is 29.6. The average molecular weight is 706 g/mol. The molecule has 0 atom stereocenters. The molecule has 8 aromatic carbocycles. The molecule has 258 valence electrons. The van der Waals surface area contributed by atoms with Crippen LogP contribution in [0.5, 0.6) is 11.5 Å². The molecule has 1 aliphatic rings. The van der Waals surface area contributed by atoms with Crippen LogP contribution in [0.2, 0.25) is 0 Å². The van der Waals surface area contributed by atoms with Crippen molar-refractivity contribution in [1.82, 2.24) is 9.13 Å². The summed E-state index contributed by atoms with van der Waals surface area (Å²) in [7, 11) is 0. The van der Waals surface area contributed by atoms with Crippen LogP contribution in [-0.4, -0.2) is 9.13 Å². The lowest BCUT2D eigenvalue weighted by Gasteiger charge is -2.32. The van der Waals surface area contributed by atoms with Gasteiger partial charge in [-0.15, -0.1) is 0 Å². The van der Waals surface area contributed by atoms with Gasteiger partial charge in [0.05, 0.1) is 33.3 Å². The second-order valence-corrected chi connectivity index (χ2v) is 14.1. The number of aromatic nitrogens is 2. The Labute approximate surface area is 316 Å². The van der Waals surface area contributed by atoms with Gasteiger partial charge in [0.25, 0.3) is 0 Å². The van der Waals surface area contributed by atoms with E-state index in [0.717, 1.165) is 78.6 Å². The second-order valence-electron chi connectivity index (χ2n) is 14.1. The summed E-state index contributed by atoms with van der Waals surface area (Å²) in [5, 5.41) is 5.85. The third-order valence-electron chi connectivity index (χ3n) is 11.1. The number of fused-ring (bicyclic) bond motifs is 10. The van der Waals surface area contributed by atoms with Crippen LogP contribution < -0.4 is 9.64 Å². The molecule has 5 heteroatoms. The molecule has 0 saturated carbocycles. The van der Waals surface area contributed by atoms with Gasteiger partial charge < -0.3 is 18.6 Å². The zero-order chi connectivity index (χ0) is 36.0. The lowest BCUT2D eigenvalue weighted by atomic mass is 9.99. The van der Waals surface area contributed by atoms with Gasteiger partial charge in [-0.05, 0) is 96.1 Å². The van der Waals surface area contributed by atoms with Gasteiger partial charge in [0, 0.05) is 38.6 Å². The van der Waals surface area contributed by atoms with E-state index in [1.165, 1.54) is 27.2 Å². The zero-order valence-corrected chi connectivity index (χ0v) is 29.6. The number of furan rings is 1. The molecular weight excluding hydrogens is 675 g/mol. The minimum absolute atomic E-state index is 0.845. The van der Waals surface area contributed by atoms with Crippen LogP contribution >= 0.6 is 0 Å². The number of anilines is 3. The maximum Gasteiger partial charge on any atom is 0.213 e. The minimum Gasteiger partial charge on any atom is -0.453 e. The molecule has 0 unspecified atom stereocenters. The summed E-state index contributed by atoms with van der Waals surface area (Å²) in [6.07, 6.45) is 0. The fourth-order valence-corrected chi connectivity index (χ4v) is 8.76. The van der Waals surface area contributed by atoms with E-state index in [0.29, 0.717) is 0 Å². The van der Waals surface area contributed by atoms with Crippen molar-refractivity contribution in [2.45, 2.75) is 0 Å². The molecule has 0 N–H and O–H groups in total. The fourth-order valence-electron chi connectivity index (χ4n) is 8.76. The lowest BCUT2D eigenvalue weighted by molar-refractivity contribution is 0.477. The topological polar surface area (TPSA) is 35.5 Å². The first-order valence-corrected chi connectivity index (χ1v) is 18.6. The van der Waals surface area contributed by atoms with Gasteiger partial charge in [-0.1, -0.05) is 103 Å². The number of para-hydroxylation sites is 7.